The maximum atomic E-state index is 15.3. The predicted molar refractivity (Wildman–Crippen MR) is 157 cm³/mol. The molecule has 1 aliphatic heterocycles. The fourth-order valence-corrected chi connectivity index (χ4v) is 4.84. The molecule has 0 unspecified atom stereocenters. The van der Waals surface area contributed by atoms with Crippen LogP contribution < -0.4 is 15.5 Å². The fourth-order valence-electron chi connectivity index (χ4n) is 4.84. The topological polar surface area (TPSA) is 96.3 Å². The van der Waals surface area contributed by atoms with E-state index >= 15 is 8.78 Å². The van der Waals surface area contributed by atoms with Crippen LogP contribution in [-0.4, -0.2) is 45.8 Å². The van der Waals surface area contributed by atoms with Gasteiger partial charge in [-0.3, -0.25) is 14.4 Å². The number of carbonyl (C=O) groups excluding carboxylic acids is 3. The molecule has 214 valence electrons. The van der Waals surface area contributed by atoms with E-state index in [1.165, 1.54) is 23.1 Å². The van der Waals surface area contributed by atoms with Crippen molar-refractivity contribution < 1.29 is 23.2 Å². The van der Waals surface area contributed by atoms with Crippen molar-refractivity contribution in [1.82, 2.24) is 14.9 Å². The first-order chi connectivity index (χ1) is 20.1. The summed E-state index contributed by atoms with van der Waals surface area (Å²) in [5, 5.41) is 5.45. The molecule has 0 radical (unpaired) electrons. The van der Waals surface area contributed by atoms with Crippen molar-refractivity contribution in [3.05, 3.63) is 114 Å². The lowest BCUT2D eigenvalue weighted by Crippen LogP contribution is -2.33. The molecular weight excluding hydrogens is 540 g/mol. The molecule has 0 saturated carbocycles. The zero-order chi connectivity index (χ0) is 29.9. The normalized spacial score (nSPS) is 15.2. The molecule has 1 aliphatic rings. The summed E-state index contributed by atoms with van der Waals surface area (Å²) < 4.78 is 32.4. The number of alkyl halides is 2. The summed E-state index contributed by atoms with van der Waals surface area (Å²) in [5.41, 5.74) is 1.79. The summed E-state index contributed by atoms with van der Waals surface area (Å²) in [6.07, 6.45) is 5.23. The highest BCUT2D eigenvalue weighted by Gasteiger charge is 2.41. The Hall–Kier alpha value is -5.12. The number of carbonyl (C=O) groups is 3. The van der Waals surface area contributed by atoms with E-state index in [0.717, 1.165) is 6.08 Å². The van der Waals surface area contributed by atoms with E-state index in [0.29, 0.717) is 16.9 Å². The Morgan fingerprint density at radius 1 is 0.952 bits per heavy atom. The molecule has 0 aliphatic carbocycles. The molecule has 3 aromatic carbocycles. The molecule has 42 heavy (non-hydrogen) atoms. The van der Waals surface area contributed by atoms with Crippen LogP contribution in [0.3, 0.4) is 0 Å². The van der Waals surface area contributed by atoms with Crippen LogP contribution in [0, 0.1) is 0 Å². The molecule has 0 atom stereocenters. The maximum absolute atomic E-state index is 15.3. The largest absolute Gasteiger partial charge is 0.350 e. The Labute approximate surface area is 241 Å². The first kappa shape index (κ1) is 28.4. The summed E-state index contributed by atoms with van der Waals surface area (Å²) in [6, 6.07) is 19.5. The van der Waals surface area contributed by atoms with Crippen molar-refractivity contribution >= 4 is 34.7 Å². The maximum Gasteiger partial charge on any atom is 0.275 e. The Morgan fingerprint density at radius 3 is 2.33 bits per heavy atom. The highest BCUT2D eigenvalue weighted by atomic mass is 19.3. The molecule has 0 saturated heterocycles. The zero-order valence-corrected chi connectivity index (χ0v) is 23.1. The third-order valence-corrected chi connectivity index (χ3v) is 6.80. The van der Waals surface area contributed by atoms with Gasteiger partial charge < -0.3 is 20.1 Å². The number of amides is 3. The molecule has 5 rings (SSSR count). The Morgan fingerprint density at radius 2 is 1.64 bits per heavy atom. The number of aromatic nitrogens is 2. The van der Waals surface area contributed by atoms with Crippen LogP contribution >= 0.6 is 0 Å². The van der Waals surface area contributed by atoms with Crippen LogP contribution in [0.2, 0.25) is 0 Å². The number of nitrogens with one attached hydrogen (secondary N) is 2. The van der Waals surface area contributed by atoms with Crippen molar-refractivity contribution in [2.75, 3.05) is 16.8 Å². The summed E-state index contributed by atoms with van der Waals surface area (Å²) >= 11 is 0. The number of allylic oxidation sites excluding steroid dienone is 1. The van der Waals surface area contributed by atoms with E-state index in [4.69, 9.17) is 0 Å². The van der Waals surface area contributed by atoms with Crippen molar-refractivity contribution in [3.8, 4) is 5.69 Å². The van der Waals surface area contributed by atoms with Crippen LogP contribution in [0.1, 0.15) is 46.5 Å². The van der Waals surface area contributed by atoms with Crippen molar-refractivity contribution in [3.63, 3.8) is 0 Å². The third-order valence-electron chi connectivity index (χ3n) is 6.80. The van der Waals surface area contributed by atoms with Crippen LogP contribution in [0.15, 0.2) is 97.6 Å². The molecule has 0 spiro atoms. The number of hydrogen-bond acceptors (Lipinski definition) is 4. The molecule has 1 aromatic heterocycles. The van der Waals surface area contributed by atoms with E-state index < -0.39 is 29.7 Å². The number of imidazole rings is 1. The Bertz CT molecular complexity index is 1650. The first-order valence-corrected chi connectivity index (χ1v) is 13.4. The minimum atomic E-state index is -3.33. The van der Waals surface area contributed by atoms with Crippen molar-refractivity contribution in [1.29, 1.82) is 0 Å². The van der Waals surface area contributed by atoms with Gasteiger partial charge in [0.15, 0.2) is 0 Å². The molecule has 3 amide bonds. The van der Waals surface area contributed by atoms with Crippen LogP contribution in [0.4, 0.5) is 20.2 Å². The quantitative estimate of drug-likeness (QED) is 0.291. The highest BCUT2D eigenvalue weighted by molar-refractivity contribution is 6.10. The molecular formula is C32H29F2N5O3. The number of hydrogen-bond donors (Lipinski definition) is 2. The lowest BCUT2D eigenvalue weighted by Gasteiger charge is -2.23. The fraction of sp³-hybridized carbons (Fsp3) is 0.188. The lowest BCUT2D eigenvalue weighted by molar-refractivity contribution is -0.117. The molecule has 8 nitrogen and oxygen atoms in total. The van der Waals surface area contributed by atoms with Crippen molar-refractivity contribution in [2.24, 2.45) is 0 Å². The van der Waals surface area contributed by atoms with E-state index in [1.54, 1.807) is 85.7 Å². The predicted octanol–water partition coefficient (Wildman–Crippen LogP) is 5.72. The van der Waals surface area contributed by atoms with Gasteiger partial charge >= 0.3 is 0 Å². The van der Waals surface area contributed by atoms with Gasteiger partial charge in [-0.15, -0.1) is 0 Å². The second kappa shape index (κ2) is 11.8. The number of anilines is 2. The average molecular weight is 570 g/mol. The van der Waals surface area contributed by atoms with Gasteiger partial charge in [0.05, 0.1) is 23.3 Å². The van der Waals surface area contributed by atoms with Gasteiger partial charge in [0.2, 0.25) is 5.91 Å². The van der Waals surface area contributed by atoms with E-state index in [-0.39, 0.29) is 35.3 Å². The van der Waals surface area contributed by atoms with Gasteiger partial charge in [-0.2, -0.15) is 0 Å². The molecule has 10 heteroatoms. The van der Waals surface area contributed by atoms with Crippen molar-refractivity contribution in [2.45, 2.75) is 32.2 Å². The van der Waals surface area contributed by atoms with E-state index in [1.807, 2.05) is 6.07 Å². The summed E-state index contributed by atoms with van der Waals surface area (Å²) in [5.74, 6) is -4.78. The second-order valence-electron chi connectivity index (χ2n) is 10.2. The van der Waals surface area contributed by atoms with Gasteiger partial charge in [-0.1, -0.05) is 30.3 Å². The lowest BCUT2D eigenvalue weighted by atomic mass is 9.97. The number of nitrogens with zero attached hydrogens (tertiary/aromatic N) is 3. The SMILES string of the molecule is CC(C)NC(=O)C=C1c2ccccc2N(C(=O)c2ccc(NC(=O)c3ccccc3-n3ccnc3)cc2)CCC1(F)F. The molecule has 2 heterocycles. The Kier molecular flexibility index (Phi) is 7.97. The van der Waals surface area contributed by atoms with Crippen LogP contribution in [0.5, 0.6) is 0 Å². The smallest absolute Gasteiger partial charge is 0.275 e. The minimum absolute atomic E-state index is 0.118. The molecule has 0 bridgehead atoms. The van der Waals surface area contributed by atoms with Gasteiger partial charge in [-0.25, -0.2) is 13.8 Å². The van der Waals surface area contributed by atoms with Gasteiger partial charge in [0.25, 0.3) is 17.7 Å². The third kappa shape index (κ3) is 5.97. The summed E-state index contributed by atoms with van der Waals surface area (Å²) in [4.78, 5) is 44.4. The van der Waals surface area contributed by atoms with Gasteiger partial charge in [0.1, 0.15) is 0 Å². The number of benzene rings is 3. The number of halogens is 2. The first-order valence-electron chi connectivity index (χ1n) is 13.4. The van der Waals surface area contributed by atoms with E-state index in [9.17, 15) is 14.4 Å². The van der Waals surface area contributed by atoms with Gasteiger partial charge in [-0.05, 0) is 56.3 Å². The summed E-state index contributed by atoms with van der Waals surface area (Å²) in [7, 11) is 0. The number of para-hydroxylation sites is 2. The standard InChI is InChI=1S/C32H29F2N5O3/c1-21(2)36-29(40)19-26-24-7-3-6-10-28(24)39(17-15-32(26,33)34)31(42)22-11-13-23(14-12-22)37-30(41)25-8-4-5-9-27(25)38-18-16-35-20-38/h3-14,16,18-21H,15,17H2,1-2H3,(H,36,40)(H,37,41). The number of fused-ring (bicyclic) bond motifs is 1. The monoisotopic (exact) mass is 569 g/mol. The average Bonchev–Trinajstić information content (AvgIpc) is 3.48. The molecule has 4 aromatic rings. The number of rotatable bonds is 6. The Balaban J connectivity index is 1.39. The summed E-state index contributed by atoms with van der Waals surface area (Å²) in [6.45, 7) is 3.23. The van der Waals surface area contributed by atoms with Crippen LogP contribution in [0.25, 0.3) is 11.3 Å². The van der Waals surface area contributed by atoms with E-state index in [2.05, 4.69) is 15.6 Å². The van der Waals surface area contributed by atoms with Crippen LogP contribution in [-0.2, 0) is 4.79 Å². The zero-order valence-electron chi connectivity index (χ0n) is 23.1. The van der Waals surface area contributed by atoms with Gasteiger partial charge in [0, 0.05) is 59.9 Å². The highest BCUT2D eigenvalue weighted by Crippen LogP contribution is 2.43. The molecule has 0 fully saturated rings. The molecule has 2 N–H and O–H groups in total. The minimum Gasteiger partial charge on any atom is -0.350 e. The second-order valence-corrected chi connectivity index (χ2v) is 10.2.